The number of ether oxygens (including phenoxy) is 1. The second-order valence-electron chi connectivity index (χ2n) is 5.91. The van der Waals surface area contributed by atoms with Gasteiger partial charge in [0.1, 0.15) is 11.6 Å². The van der Waals surface area contributed by atoms with Gasteiger partial charge in [-0.2, -0.15) is 5.26 Å². The lowest BCUT2D eigenvalue weighted by molar-refractivity contribution is -0.117. The molecule has 0 aliphatic rings. The molecular formula is C20H22ClN3O2. The number of carbonyl (C=O) groups excluding carboxylic acids is 1. The van der Waals surface area contributed by atoms with Crippen LogP contribution in [0.1, 0.15) is 23.4 Å². The molecule has 0 fully saturated rings. The summed E-state index contributed by atoms with van der Waals surface area (Å²) in [5, 5.41) is 12.7. The van der Waals surface area contributed by atoms with Gasteiger partial charge in [-0.3, -0.25) is 4.79 Å². The maximum atomic E-state index is 12.2. The number of carbonyl (C=O) groups is 1. The van der Waals surface area contributed by atoms with Crippen LogP contribution in [0.5, 0.6) is 0 Å². The number of aromatic nitrogens is 1. The van der Waals surface area contributed by atoms with Crippen LogP contribution in [0, 0.1) is 25.2 Å². The molecule has 1 aromatic carbocycles. The highest BCUT2D eigenvalue weighted by Crippen LogP contribution is 2.24. The van der Waals surface area contributed by atoms with Crippen molar-refractivity contribution in [2.24, 2.45) is 0 Å². The average molecular weight is 372 g/mol. The number of benzene rings is 1. The Balaban J connectivity index is 2.28. The largest absolute Gasteiger partial charge is 0.385 e. The maximum Gasteiger partial charge on any atom is 0.261 e. The summed E-state index contributed by atoms with van der Waals surface area (Å²) in [4.78, 5) is 12.2. The third kappa shape index (κ3) is 4.75. The molecule has 0 aliphatic carbocycles. The first-order valence-corrected chi connectivity index (χ1v) is 8.69. The van der Waals surface area contributed by atoms with Crippen molar-refractivity contribution < 1.29 is 9.53 Å². The van der Waals surface area contributed by atoms with E-state index in [2.05, 4.69) is 5.32 Å². The fourth-order valence-electron chi connectivity index (χ4n) is 2.76. The molecule has 6 heteroatoms. The van der Waals surface area contributed by atoms with Crippen molar-refractivity contribution in [3.8, 4) is 11.8 Å². The summed E-state index contributed by atoms with van der Waals surface area (Å²) in [6.45, 7) is 4.95. The predicted molar refractivity (Wildman–Crippen MR) is 103 cm³/mol. The lowest BCUT2D eigenvalue weighted by Crippen LogP contribution is -2.26. The third-order valence-corrected chi connectivity index (χ3v) is 4.25. The third-order valence-electron chi connectivity index (χ3n) is 4.01. The van der Waals surface area contributed by atoms with Gasteiger partial charge in [0.05, 0.1) is 0 Å². The van der Waals surface area contributed by atoms with E-state index in [1.807, 2.05) is 54.8 Å². The Hall–Kier alpha value is -2.55. The fourth-order valence-corrected chi connectivity index (χ4v) is 2.95. The normalized spacial score (nSPS) is 11.3. The van der Waals surface area contributed by atoms with Crippen LogP contribution in [0.3, 0.4) is 0 Å². The minimum absolute atomic E-state index is 0.0776. The Morgan fingerprint density at radius 1 is 1.38 bits per heavy atom. The molecule has 0 saturated carbocycles. The van der Waals surface area contributed by atoms with E-state index in [1.54, 1.807) is 13.2 Å². The lowest BCUT2D eigenvalue weighted by atomic mass is 10.1. The standard InChI is InChI=1S/C20H22ClN3O2/c1-14-10-16(11-17(13-22)20(25)23-8-5-9-26-3)15(2)24(14)19-7-4-6-18(21)12-19/h4,6-7,10-12H,5,8-9H2,1-3H3,(H,23,25). The fraction of sp³-hybridized carbons (Fsp3) is 0.300. The number of hydrogen-bond acceptors (Lipinski definition) is 3. The van der Waals surface area contributed by atoms with E-state index in [9.17, 15) is 10.1 Å². The molecule has 0 aliphatic heterocycles. The number of nitrogens with zero attached hydrogens (tertiary/aromatic N) is 2. The van der Waals surface area contributed by atoms with Gasteiger partial charge in [-0.25, -0.2) is 0 Å². The summed E-state index contributed by atoms with van der Waals surface area (Å²) in [6, 6.07) is 11.5. The van der Waals surface area contributed by atoms with Crippen molar-refractivity contribution in [3.05, 3.63) is 57.9 Å². The van der Waals surface area contributed by atoms with Crippen LogP contribution in [0.15, 0.2) is 35.9 Å². The minimum atomic E-state index is -0.379. The molecule has 1 heterocycles. The molecule has 2 aromatic rings. The van der Waals surface area contributed by atoms with Crippen molar-refractivity contribution >= 4 is 23.6 Å². The second kappa shape index (κ2) is 9.23. The predicted octanol–water partition coefficient (Wildman–Crippen LogP) is 3.81. The number of methoxy groups -OCH3 is 1. The van der Waals surface area contributed by atoms with E-state index in [1.165, 1.54) is 0 Å². The Morgan fingerprint density at radius 2 is 2.15 bits per heavy atom. The quantitative estimate of drug-likeness (QED) is 0.457. The van der Waals surface area contributed by atoms with Crippen LogP contribution in [-0.4, -0.2) is 30.7 Å². The Bertz CT molecular complexity index is 862. The topological polar surface area (TPSA) is 67.0 Å². The molecule has 5 nitrogen and oxygen atoms in total. The minimum Gasteiger partial charge on any atom is -0.385 e. The molecule has 1 aromatic heterocycles. The molecule has 1 amide bonds. The van der Waals surface area contributed by atoms with Crippen LogP contribution in [0.25, 0.3) is 11.8 Å². The molecular weight excluding hydrogens is 350 g/mol. The Labute approximate surface area is 158 Å². The molecule has 1 N–H and O–H groups in total. The first-order chi connectivity index (χ1) is 12.5. The lowest BCUT2D eigenvalue weighted by Gasteiger charge is -2.10. The van der Waals surface area contributed by atoms with Crippen molar-refractivity contribution in [2.45, 2.75) is 20.3 Å². The Kier molecular flexibility index (Phi) is 7.02. The summed E-state index contributed by atoms with van der Waals surface area (Å²) in [6.07, 6.45) is 2.32. The van der Waals surface area contributed by atoms with Gasteiger partial charge < -0.3 is 14.6 Å². The number of nitrogens with one attached hydrogen (secondary N) is 1. The summed E-state index contributed by atoms with van der Waals surface area (Å²) in [7, 11) is 1.61. The van der Waals surface area contributed by atoms with Crippen molar-refractivity contribution in [3.63, 3.8) is 0 Å². The number of amides is 1. The van der Waals surface area contributed by atoms with E-state index in [4.69, 9.17) is 16.3 Å². The summed E-state index contributed by atoms with van der Waals surface area (Å²) in [5.41, 5.74) is 3.77. The van der Waals surface area contributed by atoms with Crippen LogP contribution in [-0.2, 0) is 9.53 Å². The molecule has 136 valence electrons. The first-order valence-electron chi connectivity index (χ1n) is 8.31. The highest BCUT2D eigenvalue weighted by molar-refractivity contribution is 6.30. The van der Waals surface area contributed by atoms with Gasteiger partial charge in [0.25, 0.3) is 5.91 Å². The molecule has 0 atom stereocenters. The zero-order chi connectivity index (χ0) is 19.1. The highest BCUT2D eigenvalue weighted by Gasteiger charge is 2.13. The van der Waals surface area contributed by atoms with E-state index in [0.29, 0.717) is 24.6 Å². The van der Waals surface area contributed by atoms with Gasteiger partial charge in [0.2, 0.25) is 0 Å². The van der Waals surface area contributed by atoms with Crippen molar-refractivity contribution in [1.29, 1.82) is 5.26 Å². The smallest absolute Gasteiger partial charge is 0.261 e. The first kappa shape index (κ1) is 19.8. The number of rotatable bonds is 7. The molecule has 0 bridgehead atoms. The van der Waals surface area contributed by atoms with Crippen LogP contribution >= 0.6 is 11.6 Å². The zero-order valence-electron chi connectivity index (χ0n) is 15.2. The number of halogens is 1. The van der Waals surface area contributed by atoms with Crippen molar-refractivity contribution in [2.75, 3.05) is 20.3 Å². The van der Waals surface area contributed by atoms with E-state index in [-0.39, 0.29) is 11.5 Å². The molecule has 0 saturated heterocycles. The summed E-state index contributed by atoms with van der Waals surface area (Å²) in [5.74, 6) is -0.379. The van der Waals surface area contributed by atoms with Gasteiger partial charge in [-0.1, -0.05) is 17.7 Å². The van der Waals surface area contributed by atoms with Crippen molar-refractivity contribution in [1.82, 2.24) is 9.88 Å². The van der Waals surface area contributed by atoms with E-state index < -0.39 is 0 Å². The molecule has 0 unspecified atom stereocenters. The van der Waals surface area contributed by atoms with Gasteiger partial charge in [0, 0.05) is 42.4 Å². The molecule has 26 heavy (non-hydrogen) atoms. The number of hydrogen-bond donors (Lipinski definition) is 1. The van der Waals surface area contributed by atoms with Crippen LogP contribution in [0.2, 0.25) is 5.02 Å². The van der Waals surface area contributed by atoms with Crippen LogP contribution in [0.4, 0.5) is 0 Å². The van der Waals surface area contributed by atoms with E-state index >= 15 is 0 Å². The van der Waals surface area contributed by atoms with Gasteiger partial charge in [-0.15, -0.1) is 0 Å². The zero-order valence-corrected chi connectivity index (χ0v) is 15.9. The van der Waals surface area contributed by atoms with Crippen LogP contribution < -0.4 is 5.32 Å². The molecule has 2 rings (SSSR count). The summed E-state index contributed by atoms with van der Waals surface area (Å²) >= 11 is 6.10. The highest BCUT2D eigenvalue weighted by atomic mass is 35.5. The van der Waals surface area contributed by atoms with Gasteiger partial charge >= 0.3 is 0 Å². The maximum absolute atomic E-state index is 12.2. The average Bonchev–Trinajstić information content (AvgIpc) is 2.89. The SMILES string of the molecule is COCCCNC(=O)C(C#N)=Cc1cc(C)n(-c2cccc(Cl)c2)c1C. The number of aryl methyl sites for hydroxylation is 1. The van der Waals surface area contributed by atoms with Gasteiger partial charge in [-0.05, 0) is 56.2 Å². The van der Waals surface area contributed by atoms with Gasteiger partial charge in [0.15, 0.2) is 0 Å². The van der Waals surface area contributed by atoms with E-state index in [0.717, 1.165) is 22.6 Å². The summed E-state index contributed by atoms with van der Waals surface area (Å²) < 4.78 is 6.99. The molecule has 0 radical (unpaired) electrons. The monoisotopic (exact) mass is 371 g/mol. The Morgan fingerprint density at radius 3 is 2.81 bits per heavy atom. The number of nitriles is 1. The molecule has 0 spiro atoms. The second-order valence-corrected chi connectivity index (χ2v) is 6.35.